The first-order valence-electron chi connectivity index (χ1n) is 11.0. The summed E-state index contributed by atoms with van der Waals surface area (Å²) in [7, 11) is 0. The number of carbonyl (C=O) groups is 2. The molecule has 0 saturated carbocycles. The number of thioether (sulfide) groups is 1. The Labute approximate surface area is 199 Å². The third kappa shape index (κ3) is 4.81. The summed E-state index contributed by atoms with van der Waals surface area (Å²) in [5, 5.41) is 4.34. The standard InChI is InChI=1S/C23H26N4O4S2/c1-4-27-21(29)15-7-6-10-24-19(15)26-23(27)32-12-17(28)25-20-18(22(30)31-5-2)14-9-8-13(3)11-16(14)33-20/h6-7,10,13H,4-5,8-9,11-12H2,1-3H3,(H,25,28)/t13-/m0/s1. The van der Waals surface area contributed by atoms with Crippen molar-refractivity contribution in [2.24, 2.45) is 5.92 Å². The Morgan fingerprint density at radius 2 is 2.18 bits per heavy atom. The highest BCUT2D eigenvalue weighted by atomic mass is 32.2. The summed E-state index contributed by atoms with van der Waals surface area (Å²) in [6, 6.07) is 3.40. The van der Waals surface area contributed by atoms with Crippen molar-refractivity contribution in [2.75, 3.05) is 17.7 Å². The number of esters is 1. The van der Waals surface area contributed by atoms with Crippen LogP contribution < -0.4 is 10.9 Å². The van der Waals surface area contributed by atoms with Gasteiger partial charge < -0.3 is 10.1 Å². The molecule has 0 spiro atoms. The van der Waals surface area contributed by atoms with Crippen LogP contribution in [0.1, 0.15) is 48.0 Å². The summed E-state index contributed by atoms with van der Waals surface area (Å²) in [5.74, 6) is -0.0695. The number of fused-ring (bicyclic) bond motifs is 2. The Bertz CT molecular complexity index is 1270. The molecule has 3 aromatic heterocycles. The number of pyridine rings is 1. The van der Waals surface area contributed by atoms with E-state index >= 15 is 0 Å². The van der Waals surface area contributed by atoms with Gasteiger partial charge in [-0.25, -0.2) is 14.8 Å². The number of nitrogens with zero attached hydrogens (tertiary/aromatic N) is 3. The largest absolute Gasteiger partial charge is 0.462 e. The molecule has 0 fully saturated rings. The van der Waals surface area contributed by atoms with Crippen molar-refractivity contribution in [3.8, 4) is 0 Å². The number of ether oxygens (including phenoxy) is 1. The predicted octanol–water partition coefficient (Wildman–Crippen LogP) is 3.91. The second kappa shape index (κ2) is 10.0. The lowest BCUT2D eigenvalue weighted by Crippen LogP contribution is -2.24. The number of rotatable bonds is 7. The summed E-state index contributed by atoms with van der Waals surface area (Å²) in [5.41, 5.74) is 1.67. The second-order valence-electron chi connectivity index (χ2n) is 7.93. The van der Waals surface area contributed by atoms with Crippen LogP contribution in [0.25, 0.3) is 11.0 Å². The monoisotopic (exact) mass is 486 g/mol. The number of hydrogen-bond acceptors (Lipinski definition) is 8. The first-order chi connectivity index (χ1) is 15.9. The van der Waals surface area contributed by atoms with E-state index in [1.54, 1.807) is 25.3 Å². The Morgan fingerprint density at radius 3 is 2.94 bits per heavy atom. The normalized spacial score (nSPS) is 15.3. The maximum atomic E-state index is 12.8. The number of carbonyl (C=O) groups excluding carboxylic acids is 2. The molecule has 0 aliphatic heterocycles. The average molecular weight is 487 g/mol. The van der Waals surface area contributed by atoms with Crippen LogP contribution in [0.2, 0.25) is 0 Å². The topological polar surface area (TPSA) is 103 Å². The van der Waals surface area contributed by atoms with Crippen LogP contribution in [0.4, 0.5) is 5.00 Å². The minimum Gasteiger partial charge on any atom is -0.462 e. The summed E-state index contributed by atoms with van der Waals surface area (Å²) < 4.78 is 6.81. The molecule has 0 bridgehead atoms. The number of thiophene rings is 1. The molecule has 33 heavy (non-hydrogen) atoms. The fraction of sp³-hybridized carbons (Fsp3) is 0.435. The van der Waals surface area contributed by atoms with Crippen LogP contribution in [0.15, 0.2) is 28.3 Å². The number of amides is 1. The third-order valence-corrected chi connectivity index (χ3v) is 7.73. The van der Waals surface area contributed by atoms with Crippen molar-refractivity contribution in [1.82, 2.24) is 14.5 Å². The molecule has 1 aliphatic carbocycles. The molecule has 174 valence electrons. The highest BCUT2D eigenvalue weighted by Crippen LogP contribution is 2.40. The summed E-state index contributed by atoms with van der Waals surface area (Å²) in [6.07, 6.45) is 4.30. The number of hydrogen-bond donors (Lipinski definition) is 1. The Balaban J connectivity index is 1.55. The summed E-state index contributed by atoms with van der Waals surface area (Å²) in [4.78, 5) is 48.0. The highest BCUT2D eigenvalue weighted by molar-refractivity contribution is 7.99. The van der Waals surface area contributed by atoms with Crippen LogP contribution in [0, 0.1) is 5.92 Å². The summed E-state index contributed by atoms with van der Waals surface area (Å²) >= 11 is 2.64. The van der Waals surface area contributed by atoms with Gasteiger partial charge in [0.05, 0.1) is 23.3 Å². The summed E-state index contributed by atoms with van der Waals surface area (Å²) in [6.45, 7) is 6.54. The zero-order valence-corrected chi connectivity index (χ0v) is 20.5. The van der Waals surface area contributed by atoms with E-state index in [2.05, 4.69) is 22.2 Å². The quantitative estimate of drug-likeness (QED) is 0.307. The van der Waals surface area contributed by atoms with Crippen LogP contribution >= 0.6 is 23.1 Å². The van der Waals surface area contributed by atoms with Crippen LogP contribution in [0.5, 0.6) is 0 Å². The smallest absolute Gasteiger partial charge is 0.341 e. The van der Waals surface area contributed by atoms with Crippen molar-refractivity contribution in [3.05, 3.63) is 44.7 Å². The van der Waals surface area contributed by atoms with Gasteiger partial charge in [0.2, 0.25) is 5.91 Å². The molecule has 1 amide bonds. The second-order valence-corrected chi connectivity index (χ2v) is 9.98. The zero-order chi connectivity index (χ0) is 23.5. The Kier molecular flexibility index (Phi) is 7.14. The van der Waals surface area contributed by atoms with Gasteiger partial charge in [0, 0.05) is 17.6 Å². The SMILES string of the molecule is CCOC(=O)c1c(NC(=O)CSc2nc3ncccc3c(=O)n2CC)sc2c1CC[C@H](C)C2. The molecule has 0 radical (unpaired) electrons. The maximum Gasteiger partial charge on any atom is 0.341 e. The molecule has 0 unspecified atom stereocenters. The van der Waals surface area contributed by atoms with E-state index in [0.29, 0.717) is 39.2 Å². The average Bonchev–Trinajstić information content (AvgIpc) is 3.14. The fourth-order valence-electron chi connectivity index (χ4n) is 3.98. The molecule has 0 aromatic carbocycles. The number of aromatic nitrogens is 3. The third-order valence-electron chi connectivity index (χ3n) is 5.59. The molecule has 1 aliphatic rings. The van der Waals surface area contributed by atoms with E-state index in [0.717, 1.165) is 29.7 Å². The van der Waals surface area contributed by atoms with Crippen LogP contribution in [-0.2, 0) is 28.9 Å². The molecule has 1 N–H and O–H groups in total. The maximum absolute atomic E-state index is 12.8. The number of nitrogens with one attached hydrogen (secondary N) is 1. The predicted molar refractivity (Wildman–Crippen MR) is 130 cm³/mol. The fourth-order valence-corrected chi connectivity index (χ4v) is 6.24. The van der Waals surface area contributed by atoms with Gasteiger partial charge >= 0.3 is 5.97 Å². The van der Waals surface area contributed by atoms with Crippen molar-refractivity contribution >= 4 is 51.0 Å². The van der Waals surface area contributed by atoms with E-state index in [4.69, 9.17) is 4.74 Å². The highest BCUT2D eigenvalue weighted by Gasteiger charge is 2.29. The molecular formula is C23H26N4O4S2. The molecule has 10 heteroatoms. The minimum atomic E-state index is -0.394. The van der Waals surface area contributed by atoms with E-state index < -0.39 is 5.97 Å². The molecule has 3 heterocycles. The first kappa shape index (κ1) is 23.4. The van der Waals surface area contributed by atoms with Gasteiger partial charge in [0.1, 0.15) is 5.00 Å². The lowest BCUT2D eigenvalue weighted by Gasteiger charge is -2.18. The van der Waals surface area contributed by atoms with Gasteiger partial charge in [-0.3, -0.25) is 14.2 Å². The van der Waals surface area contributed by atoms with Gasteiger partial charge in [0.15, 0.2) is 10.8 Å². The Hall–Kier alpha value is -2.72. The van der Waals surface area contributed by atoms with Crippen molar-refractivity contribution < 1.29 is 14.3 Å². The van der Waals surface area contributed by atoms with Gasteiger partial charge in [-0.1, -0.05) is 18.7 Å². The zero-order valence-electron chi connectivity index (χ0n) is 18.8. The lowest BCUT2D eigenvalue weighted by molar-refractivity contribution is -0.113. The van der Waals surface area contributed by atoms with Crippen molar-refractivity contribution in [2.45, 2.75) is 51.7 Å². The first-order valence-corrected chi connectivity index (χ1v) is 12.8. The molecule has 1 atom stereocenters. The van der Waals surface area contributed by atoms with Gasteiger partial charge in [-0.2, -0.15) is 0 Å². The van der Waals surface area contributed by atoms with E-state index in [9.17, 15) is 14.4 Å². The molecule has 4 rings (SSSR count). The van der Waals surface area contributed by atoms with Crippen molar-refractivity contribution in [1.29, 1.82) is 0 Å². The minimum absolute atomic E-state index is 0.0476. The number of anilines is 1. The Morgan fingerprint density at radius 1 is 1.36 bits per heavy atom. The van der Waals surface area contributed by atoms with E-state index in [-0.39, 0.29) is 23.8 Å². The van der Waals surface area contributed by atoms with E-state index in [1.807, 2.05) is 6.92 Å². The van der Waals surface area contributed by atoms with Gasteiger partial charge in [-0.15, -0.1) is 11.3 Å². The molecule has 3 aromatic rings. The van der Waals surface area contributed by atoms with Crippen molar-refractivity contribution in [3.63, 3.8) is 0 Å². The van der Waals surface area contributed by atoms with Gasteiger partial charge in [-0.05, 0) is 56.7 Å². The van der Waals surface area contributed by atoms with Gasteiger partial charge in [0.25, 0.3) is 5.56 Å². The van der Waals surface area contributed by atoms with E-state index in [1.165, 1.54) is 27.7 Å². The van der Waals surface area contributed by atoms with Crippen LogP contribution in [-0.4, -0.2) is 38.8 Å². The molecule has 0 saturated heterocycles. The molecular weight excluding hydrogens is 460 g/mol. The van der Waals surface area contributed by atoms with Crippen LogP contribution in [0.3, 0.4) is 0 Å². The lowest BCUT2D eigenvalue weighted by atomic mass is 9.88. The molecule has 8 nitrogen and oxygen atoms in total.